The van der Waals surface area contributed by atoms with E-state index in [-0.39, 0.29) is 11.7 Å². The van der Waals surface area contributed by atoms with E-state index < -0.39 is 0 Å². The number of amides is 1. The number of para-hydroxylation sites is 1. The lowest BCUT2D eigenvalue weighted by Crippen LogP contribution is -2.29. The van der Waals surface area contributed by atoms with Crippen molar-refractivity contribution < 1.29 is 9.21 Å². The fourth-order valence-corrected chi connectivity index (χ4v) is 3.00. The fraction of sp³-hybridized carbons (Fsp3) is 0.263. The Bertz CT molecular complexity index is 842. The zero-order valence-corrected chi connectivity index (χ0v) is 15.9. The van der Waals surface area contributed by atoms with E-state index in [2.05, 4.69) is 37.5 Å². The molecule has 0 saturated heterocycles. The number of hydrogen-bond acceptors (Lipinski definition) is 7. The molecule has 0 aliphatic carbocycles. The number of aromatic nitrogens is 3. The molecule has 8 heteroatoms. The van der Waals surface area contributed by atoms with Crippen LogP contribution in [0.1, 0.15) is 6.42 Å². The zero-order valence-electron chi connectivity index (χ0n) is 15.0. The molecule has 0 unspecified atom stereocenters. The van der Waals surface area contributed by atoms with Crippen molar-refractivity contribution in [3.05, 3.63) is 54.9 Å². The van der Waals surface area contributed by atoms with Crippen LogP contribution in [0.5, 0.6) is 0 Å². The van der Waals surface area contributed by atoms with E-state index in [1.54, 1.807) is 18.5 Å². The lowest BCUT2D eigenvalue weighted by atomic mass is 10.3. The molecule has 2 aromatic heterocycles. The van der Waals surface area contributed by atoms with Gasteiger partial charge in [-0.05, 0) is 30.7 Å². The van der Waals surface area contributed by atoms with Crippen molar-refractivity contribution in [1.29, 1.82) is 0 Å². The minimum atomic E-state index is -0.0523. The molecule has 1 aromatic carbocycles. The monoisotopic (exact) mass is 383 g/mol. The number of benzene rings is 1. The van der Waals surface area contributed by atoms with Gasteiger partial charge in [0.15, 0.2) is 0 Å². The first kappa shape index (κ1) is 18.9. The second kappa shape index (κ2) is 9.72. The number of pyridine rings is 1. The maximum absolute atomic E-state index is 12.0. The van der Waals surface area contributed by atoms with Crippen LogP contribution in [0.15, 0.2) is 64.5 Å². The molecule has 1 amide bonds. The van der Waals surface area contributed by atoms with Gasteiger partial charge in [-0.3, -0.25) is 9.78 Å². The Kier molecular flexibility index (Phi) is 6.81. The standard InChI is InChI=1S/C19H21N5O2S/c1-24(16-8-3-2-4-9-16)12-6-11-21-17(25)14-27-19-23-22-18(26-19)15-7-5-10-20-13-15/h2-5,7-10,13H,6,11-12,14H2,1H3,(H,21,25). The van der Waals surface area contributed by atoms with Crippen molar-refractivity contribution in [1.82, 2.24) is 20.5 Å². The maximum Gasteiger partial charge on any atom is 0.277 e. The van der Waals surface area contributed by atoms with E-state index in [1.807, 2.05) is 31.3 Å². The van der Waals surface area contributed by atoms with E-state index in [9.17, 15) is 4.79 Å². The number of carbonyl (C=O) groups excluding carboxylic acids is 1. The van der Waals surface area contributed by atoms with Crippen LogP contribution in [0.25, 0.3) is 11.5 Å². The van der Waals surface area contributed by atoms with E-state index in [0.29, 0.717) is 17.7 Å². The molecule has 1 N–H and O–H groups in total. The first-order chi connectivity index (χ1) is 13.2. The van der Waals surface area contributed by atoms with Crippen molar-refractivity contribution >= 4 is 23.4 Å². The van der Waals surface area contributed by atoms with Gasteiger partial charge in [-0.25, -0.2) is 0 Å². The highest BCUT2D eigenvalue weighted by atomic mass is 32.2. The van der Waals surface area contributed by atoms with Crippen LogP contribution in [0, 0.1) is 0 Å². The summed E-state index contributed by atoms with van der Waals surface area (Å²) >= 11 is 1.22. The highest BCUT2D eigenvalue weighted by Crippen LogP contribution is 2.22. The molecule has 7 nitrogen and oxygen atoms in total. The van der Waals surface area contributed by atoms with E-state index in [4.69, 9.17) is 4.42 Å². The van der Waals surface area contributed by atoms with Gasteiger partial charge < -0.3 is 14.6 Å². The van der Waals surface area contributed by atoms with Gasteiger partial charge in [-0.15, -0.1) is 10.2 Å². The summed E-state index contributed by atoms with van der Waals surface area (Å²) in [5.74, 6) is 0.585. The molecule has 0 aliphatic heterocycles. The Morgan fingerprint density at radius 2 is 2.04 bits per heavy atom. The van der Waals surface area contributed by atoms with Gasteiger partial charge in [0.25, 0.3) is 5.22 Å². The Morgan fingerprint density at radius 3 is 2.81 bits per heavy atom. The van der Waals surface area contributed by atoms with Gasteiger partial charge >= 0.3 is 0 Å². The summed E-state index contributed by atoms with van der Waals surface area (Å²) in [6, 6.07) is 13.8. The number of nitrogens with zero attached hydrogens (tertiary/aromatic N) is 4. The van der Waals surface area contributed by atoms with E-state index in [1.165, 1.54) is 17.4 Å². The highest BCUT2D eigenvalue weighted by molar-refractivity contribution is 7.99. The Morgan fingerprint density at radius 1 is 1.19 bits per heavy atom. The molecule has 0 radical (unpaired) electrons. The van der Waals surface area contributed by atoms with Gasteiger partial charge in [0.05, 0.1) is 11.3 Å². The predicted molar refractivity (Wildman–Crippen MR) is 106 cm³/mol. The van der Waals surface area contributed by atoms with Crippen LogP contribution in [0.4, 0.5) is 5.69 Å². The van der Waals surface area contributed by atoms with Crippen molar-refractivity contribution in [3.63, 3.8) is 0 Å². The molecule has 0 aliphatic rings. The first-order valence-corrected chi connectivity index (χ1v) is 9.60. The molecule has 0 saturated carbocycles. The normalized spacial score (nSPS) is 10.6. The van der Waals surface area contributed by atoms with Crippen LogP contribution < -0.4 is 10.2 Å². The summed E-state index contributed by atoms with van der Waals surface area (Å²) in [5.41, 5.74) is 1.92. The second-order valence-corrected chi connectivity index (χ2v) is 6.79. The summed E-state index contributed by atoms with van der Waals surface area (Å²) in [4.78, 5) is 18.1. The predicted octanol–water partition coefficient (Wildman–Crippen LogP) is 2.87. The van der Waals surface area contributed by atoms with Crippen LogP contribution in [-0.2, 0) is 4.79 Å². The number of nitrogens with one attached hydrogen (secondary N) is 1. The SMILES string of the molecule is CN(CCCNC(=O)CSc1nnc(-c2cccnc2)o1)c1ccccc1. The quantitative estimate of drug-likeness (QED) is 0.449. The lowest BCUT2D eigenvalue weighted by molar-refractivity contribution is -0.118. The van der Waals surface area contributed by atoms with Crippen LogP contribution in [0.3, 0.4) is 0 Å². The fourth-order valence-electron chi connectivity index (χ4n) is 2.41. The Hall–Kier alpha value is -2.87. The van der Waals surface area contributed by atoms with Gasteiger partial charge in [0, 0.05) is 38.2 Å². The topological polar surface area (TPSA) is 84.2 Å². The lowest BCUT2D eigenvalue weighted by Gasteiger charge is -2.19. The minimum absolute atomic E-state index is 0.0523. The average molecular weight is 383 g/mol. The maximum atomic E-state index is 12.0. The molecule has 0 fully saturated rings. The third-order valence-electron chi connectivity index (χ3n) is 3.83. The molecular weight excluding hydrogens is 362 g/mol. The molecule has 27 heavy (non-hydrogen) atoms. The molecule has 3 rings (SSSR count). The molecule has 2 heterocycles. The molecule has 0 bridgehead atoms. The number of rotatable bonds is 9. The third-order valence-corrected chi connectivity index (χ3v) is 4.65. The minimum Gasteiger partial charge on any atom is -0.411 e. The Labute approximate surface area is 162 Å². The van der Waals surface area contributed by atoms with Gasteiger partial charge in [0.2, 0.25) is 11.8 Å². The largest absolute Gasteiger partial charge is 0.411 e. The van der Waals surface area contributed by atoms with Crippen molar-refractivity contribution in [2.45, 2.75) is 11.6 Å². The van der Waals surface area contributed by atoms with Crippen LogP contribution in [-0.4, -0.2) is 47.0 Å². The first-order valence-electron chi connectivity index (χ1n) is 8.62. The number of anilines is 1. The summed E-state index contributed by atoms with van der Waals surface area (Å²) < 4.78 is 5.54. The average Bonchev–Trinajstić information content (AvgIpc) is 3.20. The summed E-state index contributed by atoms with van der Waals surface area (Å²) in [5, 5.41) is 11.2. The molecule has 140 valence electrons. The van der Waals surface area contributed by atoms with Crippen molar-refractivity contribution in [2.75, 3.05) is 30.8 Å². The summed E-state index contributed by atoms with van der Waals surface area (Å²) in [6.45, 7) is 1.50. The second-order valence-electron chi connectivity index (χ2n) is 5.86. The van der Waals surface area contributed by atoms with Crippen molar-refractivity contribution in [2.24, 2.45) is 0 Å². The molecule has 0 atom stereocenters. The van der Waals surface area contributed by atoms with Gasteiger partial charge in [0.1, 0.15) is 0 Å². The van der Waals surface area contributed by atoms with Gasteiger partial charge in [-0.2, -0.15) is 0 Å². The molecule has 3 aromatic rings. The highest BCUT2D eigenvalue weighted by Gasteiger charge is 2.11. The summed E-state index contributed by atoms with van der Waals surface area (Å²) in [7, 11) is 2.04. The van der Waals surface area contributed by atoms with Gasteiger partial charge in [-0.1, -0.05) is 30.0 Å². The van der Waals surface area contributed by atoms with Crippen molar-refractivity contribution in [3.8, 4) is 11.5 Å². The molecule has 0 spiro atoms. The van der Waals surface area contributed by atoms with Crippen LogP contribution in [0.2, 0.25) is 0 Å². The number of thioether (sulfide) groups is 1. The van der Waals surface area contributed by atoms with E-state index in [0.717, 1.165) is 18.5 Å². The summed E-state index contributed by atoms with van der Waals surface area (Å²) in [6.07, 6.45) is 4.20. The molecular formula is C19H21N5O2S. The number of carbonyl (C=O) groups is 1. The van der Waals surface area contributed by atoms with Crippen LogP contribution >= 0.6 is 11.8 Å². The third kappa shape index (κ3) is 5.82. The smallest absolute Gasteiger partial charge is 0.277 e. The number of hydrogen-bond donors (Lipinski definition) is 1. The zero-order chi connectivity index (χ0) is 18.9. The Balaban J connectivity index is 1.35. The van der Waals surface area contributed by atoms with E-state index >= 15 is 0 Å².